The van der Waals surface area contributed by atoms with E-state index in [1.54, 1.807) is 13.0 Å². The van der Waals surface area contributed by atoms with Crippen LogP contribution in [0.3, 0.4) is 0 Å². The van der Waals surface area contributed by atoms with Crippen LogP contribution in [0, 0.1) is 12.7 Å². The molecule has 21 heavy (non-hydrogen) atoms. The van der Waals surface area contributed by atoms with Gasteiger partial charge < -0.3 is 0 Å². The van der Waals surface area contributed by atoms with Crippen LogP contribution in [0.25, 0.3) is 0 Å². The van der Waals surface area contributed by atoms with Crippen LogP contribution in [-0.2, 0) is 16.4 Å². The second-order valence-electron chi connectivity index (χ2n) is 5.00. The number of hydrogen-bond acceptors (Lipinski definition) is 2. The van der Waals surface area contributed by atoms with Crippen molar-refractivity contribution in [2.24, 2.45) is 0 Å². The third kappa shape index (κ3) is 3.68. The van der Waals surface area contributed by atoms with Gasteiger partial charge in [0.1, 0.15) is 10.7 Å². The first-order valence-corrected chi connectivity index (χ1v) is 8.11. The second kappa shape index (κ2) is 6.37. The Morgan fingerprint density at radius 3 is 2.38 bits per heavy atom. The van der Waals surface area contributed by atoms with Gasteiger partial charge >= 0.3 is 0 Å². The summed E-state index contributed by atoms with van der Waals surface area (Å²) in [6.07, 6.45) is 0.587. The Hall–Kier alpha value is -1.72. The number of sulfonamides is 1. The van der Waals surface area contributed by atoms with E-state index in [0.29, 0.717) is 18.5 Å². The standard InChI is InChI=1S/C16H18FNO2S/c1-13-8-9-16(15(17)12-13)21(19,20)18(2)11-10-14-6-4-3-5-7-14/h3-9,12H,10-11H2,1-2H3. The van der Waals surface area contributed by atoms with Crippen LogP contribution in [0.4, 0.5) is 4.39 Å². The fourth-order valence-electron chi connectivity index (χ4n) is 2.03. The SMILES string of the molecule is Cc1ccc(S(=O)(=O)N(C)CCc2ccccc2)c(F)c1. The summed E-state index contributed by atoms with van der Waals surface area (Å²) in [6.45, 7) is 2.03. The Kier molecular flexibility index (Phi) is 4.75. The lowest BCUT2D eigenvalue weighted by Gasteiger charge is -2.17. The van der Waals surface area contributed by atoms with Gasteiger partial charge in [-0.2, -0.15) is 0 Å². The van der Waals surface area contributed by atoms with E-state index in [-0.39, 0.29) is 4.90 Å². The number of likely N-dealkylation sites (N-methyl/N-ethyl adjacent to an activating group) is 1. The first-order valence-electron chi connectivity index (χ1n) is 6.67. The lowest BCUT2D eigenvalue weighted by molar-refractivity contribution is 0.465. The molecule has 2 aromatic rings. The third-order valence-corrected chi connectivity index (χ3v) is 5.22. The van der Waals surface area contributed by atoms with Gasteiger partial charge in [0.05, 0.1) is 0 Å². The topological polar surface area (TPSA) is 37.4 Å². The molecular formula is C16H18FNO2S. The summed E-state index contributed by atoms with van der Waals surface area (Å²) in [5.74, 6) is -0.707. The molecule has 0 aliphatic heterocycles. The molecule has 0 bridgehead atoms. The highest BCUT2D eigenvalue weighted by molar-refractivity contribution is 7.89. The highest BCUT2D eigenvalue weighted by atomic mass is 32.2. The molecule has 0 heterocycles. The second-order valence-corrected chi connectivity index (χ2v) is 7.01. The van der Waals surface area contributed by atoms with E-state index in [9.17, 15) is 12.8 Å². The molecule has 2 rings (SSSR count). The number of rotatable bonds is 5. The van der Waals surface area contributed by atoms with Crippen LogP contribution < -0.4 is 0 Å². The molecule has 0 radical (unpaired) electrons. The van der Waals surface area contributed by atoms with Crippen molar-refractivity contribution in [1.82, 2.24) is 4.31 Å². The summed E-state index contributed by atoms with van der Waals surface area (Å²) in [5.41, 5.74) is 1.74. The summed E-state index contributed by atoms with van der Waals surface area (Å²) in [5, 5.41) is 0. The van der Waals surface area contributed by atoms with Crippen molar-refractivity contribution >= 4 is 10.0 Å². The van der Waals surface area contributed by atoms with Gasteiger partial charge in [-0.15, -0.1) is 0 Å². The molecule has 0 aliphatic carbocycles. The zero-order chi connectivity index (χ0) is 15.5. The normalized spacial score (nSPS) is 11.8. The molecule has 0 unspecified atom stereocenters. The summed E-state index contributed by atoms with van der Waals surface area (Å²) in [4.78, 5) is -0.274. The van der Waals surface area contributed by atoms with Crippen LogP contribution in [0.1, 0.15) is 11.1 Å². The Labute approximate surface area is 125 Å². The molecule has 0 saturated heterocycles. The first-order chi connectivity index (χ1) is 9.91. The number of benzene rings is 2. The molecule has 0 aliphatic rings. The van der Waals surface area contributed by atoms with Gasteiger partial charge in [0.15, 0.2) is 0 Å². The zero-order valence-electron chi connectivity index (χ0n) is 12.1. The molecule has 0 fully saturated rings. The minimum absolute atomic E-state index is 0.274. The van der Waals surface area contributed by atoms with Gasteiger partial charge in [-0.05, 0) is 36.6 Å². The summed E-state index contributed by atoms with van der Waals surface area (Å²) < 4.78 is 39.8. The quantitative estimate of drug-likeness (QED) is 0.851. The molecule has 112 valence electrons. The Bertz CT molecular complexity index is 714. The third-order valence-electron chi connectivity index (χ3n) is 3.33. The van der Waals surface area contributed by atoms with Crippen molar-refractivity contribution in [1.29, 1.82) is 0 Å². The number of nitrogens with zero attached hydrogens (tertiary/aromatic N) is 1. The van der Waals surface area contributed by atoms with Crippen LogP contribution in [0.2, 0.25) is 0 Å². The molecule has 0 atom stereocenters. The first kappa shape index (κ1) is 15.7. The molecule has 0 saturated carbocycles. The van der Waals surface area contributed by atoms with Gasteiger partial charge in [-0.3, -0.25) is 0 Å². The summed E-state index contributed by atoms with van der Waals surface area (Å²) in [6, 6.07) is 13.7. The van der Waals surface area contributed by atoms with Gasteiger partial charge in [0.25, 0.3) is 0 Å². The highest BCUT2D eigenvalue weighted by Gasteiger charge is 2.24. The van der Waals surface area contributed by atoms with Gasteiger partial charge in [-0.1, -0.05) is 36.4 Å². The van der Waals surface area contributed by atoms with Gasteiger partial charge in [0.2, 0.25) is 10.0 Å². The highest BCUT2D eigenvalue weighted by Crippen LogP contribution is 2.19. The predicted octanol–water partition coefficient (Wildman–Crippen LogP) is 3.00. The zero-order valence-corrected chi connectivity index (χ0v) is 12.9. The fraction of sp³-hybridized carbons (Fsp3) is 0.250. The smallest absolute Gasteiger partial charge is 0.207 e. The lowest BCUT2D eigenvalue weighted by Crippen LogP contribution is -2.29. The van der Waals surface area contributed by atoms with E-state index >= 15 is 0 Å². The maximum absolute atomic E-state index is 13.9. The van der Waals surface area contributed by atoms with E-state index in [0.717, 1.165) is 5.56 Å². The van der Waals surface area contributed by atoms with E-state index in [1.807, 2.05) is 30.3 Å². The minimum atomic E-state index is -3.80. The van der Waals surface area contributed by atoms with Crippen molar-refractivity contribution in [2.45, 2.75) is 18.2 Å². The predicted molar refractivity (Wildman–Crippen MR) is 81.1 cm³/mol. The average Bonchev–Trinajstić information content (AvgIpc) is 2.45. The molecule has 0 N–H and O–H groups in total. The summed E-state index contributed by atoms with van der Waals surface area (Å²) >= 11 is 0. The number of halogens is 1. The van der Waals surface area contributed by atoms with Crippen molar-refractivity contribution in [3.8, 4) is 0 Å². The Morgan fingerprint density at radius 1 is 1.10 bits per heavy atom. The van der Waals surface area contributed by atoms with Crippen molar-refractivity contribution in [2.75, 3.05) is 13.6 Å². The van der Waals surface area contributed by atoms with Crippen LogP contribution in [-0.4, -0.2) is 26.3 Å². The molecule has 0 aromatic heterocycles. The van der Waals surface area contributed by atoms with Crippen molar-refractivity contribution < 1.29 is 12.8 Å². The maximum atomic E-state index is 13.9. The van der Waals surface area contributed by atoms with E-state index < -0.39 is 15.8 Å². The molecule has 0 amide bonds. The number of hydrogen-bond donors (Lipinski definition) is 0. The van der Waals surface area contributed by atoms with E-state index in [4.69, 9.17) is 0 Å². The van der Waals surface area contributed by atoms with Gasteiger partial charge in [0, 0.05) is 13.6 Å². The molecule has 2 aromatic carbocycles. The minimum Gasteiger partial charge on any atom is -0.207 e. The summed E-state index contributed by atoms with van der Waals surface area (Å²) in [7, 11) is -2.33. The average molecular weight is 307 g/mol. The monoisotopic (exact) mass is 307 g/mol. The van der Waals surface area contributed by atoms with Crippen LogP contribution in [0.5, 0.6) is 0 Å². The van der Waals surface area contributed by atoms with E-state index in [1.165, 1.54) is 23.5 Å². The largest absolute Gasteiger partial charge is 0.245 e. The molecule has 5 heteroatoms. The van der Waals surface area contributed by atoms with Crippen LogP contribution >= 0.6 is 0 Å². The molecule has 0 spiro atoms. The number of aryl methyl sites for hydroxylation is 1. The molecular weight excluding hydrogens is 289 g/mol. The van der Waals surface area contributed by atoms with Crippen LogP contribution in [0.15, 0.2) is 53.4 Å². The van der Waals surface area contributed by atoms with Crippen molar-refractivity contribution in [3.05, 3.63) is 65.5 Å². The maximum Gasteiger partial charge on any atom is 0.245 e. The Balaban J connectivity index is 2.15. The van der Waals surface area contributed by atoms with Crippen molar-refractivity contribution in [3.63, 3.8) is 0 Å². The van der Waals surface area contributed by atoms with Gasteiger partial charge in [-0.25, -0.2) is 17.1 Å². The Morgan fingerprint density at radius 2 is 1.76 bits per heavy atom. The van der Waals surface area contributed by atoms with E-state index in [2.05, 4.69) is 0 Å². The molecule has 3 nitrogen and oxygen atoms in total. The fourth-order valence-corrected chi connectivity index (χ4v) is 3.25. The lowest BCUT2D eigenvalue weighted by atomic mass is 10.2.